The zero-order valence-electron chi connectivity index (χ0n) is 14.2. The summed E-state index contributed by atoms with van der Waals surface area (Å²) in [5.41, 5.74) is 2.16. The van der Waals surface area contributed by atoms with E-state index >= 15 is 0 Å². The molecular weight excluding hydrogens is 288 g/mol. The summed E-state index contributed by atoms with van der Waals surface area (Å²) in [5.74, 6) is 1.28. The number of hydrogen-bond donors (Lipinski definition) is 0. The van der Waals surface area contributed by atoms with Crippen molar-refractivity contribution in [3.63, 3.8) is 0 Å². The first-order valence-corrected chi connectivity index (χ1v) is 8.64. The van der Waals surface area contributed by atoms with Gasteiger partial charge in [0, 0.05) is 37.0 Å². The Bertz CT molecular complexity index is 671. The van der Waals surface area contributed by atoms with Crippen molar-refractivity contribution in [2.24, 2.45) is 0 Å². The molecule has 2 heterocycles. The molecule has 23 heavy (non-hydrogen) atoms. The summed E-state index contributed by atoms with van der Waals surface area (Å²) >= 11 is 0. The Morgan fingerprint density at radius 1 is 1.22 bits per heavy atom. The molecule has 4 heteroatoms. The molecule has 1 aromatic heterocycles. The summed E-state index contributed by atoms with van der Waals surface area (Å²) in [4.78, 5) is 16.5. The number of piperidine rings is 1. The number of furan rings is 1. The summed E-state index contributed by atoms with van der Waals surface area (Å²) in [5, 5.41) is 1.17. The smallest absolute Gasteiger partial charge is 0.236 e. The van der Waals surface area contributed by atoms with Crippen molar-refractivity contribution in [2.45, 2.75) is 39.2 Å². The number of nitrogens with zero attached hydrogens (tertiary/aromatic N) is 2. The Morgan fingerprint density at radius 2 is 1.96 bits per heavy atom. The molecule has 1 amide bonds. The fourth-order valence-electron chi connectivity index (χ4n) is 3.41. The highest BCUT2D eigenvalue weighted by atomic mass is 16.3. The van der Waals surface area contributed by atoms with Gasteiger partial charge in [0.1, 0.15) is 11.3 Å². The molecule has 0 unspecified atom stereocenters. The predicted molar refractivity (Wildman–Crippen MR) is 92.4 cm³/mol. The van der Waals surface area contributed by atoms with Gasteiger partial charge in [-0.25, -0.2) is 0 Å². The maximum Gasteiger partial charge on any atom is 0.236 e. The second-order valence-corrected chi connectivity index (χ2v) is 6.47. The van der Waals surface area contributed by atoms with Crippen LogP contribution >= 0.6 is 0 Å². The maximum absolute atomic E-state index is 12.4. The van der Waals surface area contributed by atoms with E-state index in [0.717, 1.165) is 50.2 Å². The minimum absolute atomic E-state index is 0.248. The van der Waals surface area contributed by atoms with Crippen LogP contribution in [0, 0.1) is 0 Å². The molecule has 2 aromatic rings. The topological polar surface area (TPSA) is 36.7 Å². The molecule has 1 aliphatic heterocycles. The van der Waals surface area contributed by atoms with Crippen molar-refractivity contribution in [2.75, 3.05) is 26.7 Å². The van der Waals surface area contributed by atoms with Crippen LogP contribution in [-0.4, -0.2) is 42.4 Å². The van der Waals surface area contributed by atoms with Crippen LogP contribution < -0.4 is 0 Å². The van der Waals surface area contributed by atoms with Crippen LogP contribution in [0.25, 0.3) is 11.0 Å². The first kappa shape index (κ1) is 16.1. The van der Waals surface area contributed by atoms with E-state index in [1.807, 2.05) is 30.1 Å². The predicted octanol–water partition coefficient (Wildman–Crippen LogP) is 3.44. The first-order valence-electron chi connectivity index (χ1n) is 8.64. The fourth-order valence-corrected chi connectivity index (χ4v) is 3.41. The van der Waals surface area contributed by atoms with Crippen LogP contribution in [0.5, 0.6) is 0 Å². The number of carbonyl (C=O) groups excluding carboxylic acids is 1. The van der Waals surface area contributed by atoms with Crippen molar-refractivity contribution >= 4 is 16.9 Å². The summed E-state index contributed by atoms with van der Waals surface area (Å²) < 4.78 is 5.95. The van der Waals surface area contributed by atoms with Crippen molar-refractivity contribution in [1.29, 1.82) is 0 Å². The summed E-state index contributed by atoms with van der Waals surface area (Å²) in [6.45, 7) is 5.17. The molecule has 0 N–H and O–H groups in total. The van der Waals surface area contributed by atoms with Crippen LogP contribution in [0.3, 0.4) is 0 Å². The van der Waals surface area contributed by atoms with E-state index in [0.29, 0.717) is 6.54 Å². The average molecular weight is 314 g/mol. The number of fused-ring (bicyclic) bond motifs is 1. The summed E-state index contributed by atoms with van der Waals surface area (Å²) in [6.07, 6.45) is 4.40. The van der Waals surface area contributed by atoms with Gasteiger partial charge in [0.15, 0.2) is 0 Å². The Kier molecular flexibility index (Phi) is 5.01. The highest BCUT2D eigenvalue weighted by Gasteiger charge is 2.20. The Hall–Kier alpha value is -1.81. The molecule has 0 bridgehead atoms. The number of hydrogen-bond acceptors (Lipinski definition) is 3. The van der Waals surface area contributed by atoms with Crippen LogP contribution in [0.1, 0.15) is 37.5 Å². The Labute approximate surface area is 138 Å². The molecule has 124 valence electrons. The Balaban J connectivity index is 1.70. The van der Waals surface area contributed by atoms with Gasteiger partial charge in [-0.3, -0.25) is 9.69 Å². The molecule has 4 nitrogen and oxygen atoms in total. The van der Waals surface area contributed by atoms with E-state index in [-0.39, 0.29) is 5.91 Å². The van der Waals surface area contributed by atoms with Crippen LogP contribution in [0.2, 0.25) is 0 Å². The lowest BCUT2D eigenvalue weighted by Gasteiger charge is -2.28. The third-order valence-electron chi connectivity index (χ3n) is 4.65. The van der Waals surface area contributed by atoms with E-state index in [1.54, 1.807) is 0 Å². The van der Waals surface area contributed by atoms with Crippen molar-refractivity contribution in [3.8, 4) is 0 Å². The molecule has 0 aliphatic carbocycles. The zero-order valence-corrected chi connectivity index (χ0v) is 14.2. The molecule has 1 fully saturated rings. The molecule has 0 radical (unpaired) electrons. The fraction of sp³-hybridized carbons (Fsp3) is 0.526. The zero-order chi connectivity index (χ0) is 16.2. The highest BCUT2D eigenvalue weighted by Crippen LogP contribution is 2.27. The lowest BCUT2D eigenvalue weighted by molar-refractivity contribution is -0.133. The number of carbonyl (C=O) groups is 1. The molecule has 1 aromatic carbocycles. The van der Waals surface area contributed by atoms with Gasteiger partial charge in [-0.2, -0.15) is 0 Å². The van der Waals surface area contributed by atoms with Crippen molar-refractivity contribution < 1.29 is 9.21 Å². The van der Waals surface area contributed by atoms with E-state index in [9.17, 15) is 4.79 Å². The van der Waals surface area contributed by atoms with Gasteiger partial charge in [0.05, 0.1) is 6.54 Å². The number of likely N-dealkylation sites (tertiary alicyclic amines) is 1. The average Bonchev–Trinajstić information content (AvgIpc) is 2.93. The molecule has 3 rings (SSSR count). The van der Waals surface area contributed by atoms with Gasteiger partial charge in [0.25, 0.3) is 0 Å². The van der Waals surface area contributed by atoms with E-state index in [1.165, 1.54) is 17.4 Å². The largest absolute Gasteiger partial charge is 0.461 e. The number of para-hydroxylation sites is 1. The monoisotopic (exact) mass is 314 g/mol. The van der Waals surface area contributed by atoms with E-state index in [4.69, 9.17) is 4.42 Å². The highest BCUT2D eigenvalue weighted by molar-refractivity contribution is 5.82. The Morgan fingerprint density at radius 3 is 2.70 bits per heavy atom. The minimum Gasteiger partial charge on any atom is -0.461 e. The van der Waals surface area contributed by atoms with Crippen molar-refractivity contribution in [1.82, 2.24) is 9.80 Å². The lowest BCUT2D eigenvalue weighted by Crippen LogP contribution is -2.41. The second-order valence-electron chi connectivity index (χ2n) is 6.47. The second kappa shape index (κ2) is 7.18. The third-order valence-corrected chi connectivity index (χ3v) is 4.65. The van der Waals surface area contributed by atoms with Gasteiger partial charge in [-0.15, -0.1) is 0 Å². The maximum atomic E-state index is 12.4. The van der Waals surface area contributed by atoms with Crippen LogP contribution in [0.15, 0.2) is 28.7 Å². The van der Waals surface area contributed by atoms with Gasteiger partial charge in [-0.1, -0.05) is 25.1 Å². The first-order chi connectivity index (χ1) is 11.2. The molecule has 0 saturated carbocycles. The van der Waals surface area contributed by atoms with Gasteiger partial charge < -0.3 is 9.32 Å². The molecular formula is C19H26N2O2. The number of aryl methyl sites for hydroxylation is 1. The van der Waals surface area contributed by atoms with Crippen LogP contribution in [-0.2, 0) is 17.8 Å². The number of rotatable bonds is 5. The summed E-state index contributed by atoms with van der Waals surface area (Å²) in [6, 6.07) is 8.16. The molecule has 0 atom stereocenters. The molecule has 0 spiro atoms. The number of amides is 1. The third kappa shape index (κ3) is 3.58. The standard InChI is InChI=1S/C19H26N2O2/c1-3-17-16(15-9-5-6-10-18(15)23-17)13-20(2)14-19(22)21-11-7-4-8-12-21/h5-6,9-10H,3-4,7-8,11-14H2,1-2H3. The normalized spacial score (nSPS) is 15.5. The number of benzene rings is 1. The summed E-state index contributed by atoms with van der Waals surface area (Å²) in [7, 11) is 2.02. The van der Waals surface area contributed by atoms with Gasteiger partial charge in [0.2, 0.25) is 5.91 Å². The number of likely N-dealkylation sites (N-methyl/N-ethyl adjacent to an activating group) is 1. The molecule has 1 aliphatic rings. The SMILES string of the molecule is CCc1oc2ccccc2c1CN(C)CC(=O)N1CCCCC1. The minimum atomic E-state index is 0.248. The van der Waals surface area contributed by atoms with Crippen LogP contribution in [0.4, 0.5) is 0 Å². The quantitative estimate of drug-likeness (QED) is 0.848. The van der Waals surface area contributed by atoms with E-state index in [2.05, 4.69) is 17.9 Å². The van der Waals surface area contributed by atoms with Gasteiger partial charge >= 0.3 is 0 Å². The lowest BCUT2D eigenvalue weighted by atomic mass is 10.1. The van der Waals surface area contributed by atoms with Gasteiger partial charge in [-0.05, 0) is 32.4 Å². The van der Waals surface area contributed by atoms with Crippen molar-refractivity contribution in [3.05, 3.63) is 35.6 Å². The molecule has 1 saturated heterocycles. The van der Waals surface area contributed by atoms with E-state index < -0.39 is 0 Å².